The van der Waals surface area contributed by atoms with Gasteiger partial charge in [0.1, 0.15) is 0 Å². The van der Waals surface area contributed by atoms with Crippen LogP contribution in [0.5, 0.6) is 0 Å². The molecule has 0 saturated carbocycles. The fourth-order valence-electron chi connectivity index (χ4n) is 3.02. The number of nitrogens with zero attached hydrogens (tertiary/aromatic N) is 2. The van der Waals surface area contributed by atoms with Crippen molar-refractivity contribution >= 4 is 17.5 Å². The maximum Gasteiger partial charge on any atom is 0.278 e. The number of benzene rings is 3. The van der Waals surface area contributed by atoms with E-state index >= 15 is 0 Å². The van der Waals surface area contributed by atoms with Crippen molar-refractivity contribution in [3.8, 4) is 0 Å². The lowest BCUT2D eigenvalue weighted by Gasteiger charge is -2.27. The van der Waals surface area contributed by atoms with Gasteiger partial charge in [-0.15, -0.1) is 0 Å². The second kappa shape index (κ2) is 8.12. The molecule has 3 aromatic rings. The normalized spacial score (nSPS) is 10.3. The molecule has 0 radical (unpaired) electrons. The highest BCUT2D eigenvalue weighted by Crippen LogP contribution is 2.32. The van der Waals surface area contributed by atoms with Gasteiger partial charge in [0, 0.05) is 19.2 Å². The Labute approximate surface area is 153 Å². The van der Waals surface area contributed by atoms with Crippen LogP contribution in [0.15, 0.2) is 85.4 Å². The van der Waals surface area contributed by atoms with Gasteiger partial charge in [-0.3, -0.25) is 10.1 Å². The molecule has 0 unspecified atom stereocenters. The largest absolute Gasteiger partial charge is 0.362 e. The van der Waals surface area contributed by atoms with Gasteiger partial charge < -0.3 is 4.90 Å². The van der Waals surface area contributed by atoms with Crippen LogP contribution in [0, 0.1) is 10.1 Å². The van der Waals surface area contributed by atoms with E-state index in [1.54, 1.807) is 12.1 Å². The maximum atomic E-state index is 11.4. The average molecular weight is 344 g/mol. The fourth-order valence-corrected chi connectivity index (χ4v) is 3.02. The van der Waals surface area contributed by atoms with Crippen molar-refractivity contribution in [2.75, 3.05) is 4.90 Å². The Morgan fingerprint density at radius 1 is 0.846 bits per heavy atom. The summed E-state index contributed by atoms with van der Waals surface area (Å²) in [5.74, 6) is 0. The number of rotatable bonds is 7. The monoisotopic (exact) mass is 344 g/mol. The lowest BCUT2D eigenvalue weighted by Crippen LogP contribution is -2.23. The van der Waals surface area contributed by atoms with E-state index in [0.717, 1.165) is 16.8 Å². The zero-order valence-corrected chi connectivity index (χ0v) is 14.4. The molecule has 0 N–H and O–H groups in total. The SMILES string of the molecule is C=Cc1c(N(Cc2ccccc2)Cc2ccccc2)cccc1[N+](=O)[O-]. The summed E-state index contributed by atoms with van der Waals surface area (Å²) >= 11 is 0. The molecular weight excluding hydrogens is 324 g/mol. The molecule has 0 amide bonds. The minimum Gasteiger partial charge on any atom is -0.362 e. The van der Waals surface area contributed by atoms with Gasteiger partial charge in [0.25, 0.3) is 5.69 Å². The lowest BCUT2D eigenvalue weighted by atomic mass is 10.1. The van der Waals surface area contributed by atoms with Gasteiger partial charge in [-0.25, -0.2) is 0 Å². The first kappa shape index (κ1) is 17.4. The van der Waals surface area contributed by atoms with Gasteiger partial charge in [-0.1, -0.05) is 79.4 Å². The Kier molecular flexibility index (Phi) is 5.44. The van der Waals surface area contributed by atoms with Crippen LogP contribution in [-0.4, -0.2) is 4.92 Å². The molecule has 0 saturated heterocycles. The number of anilines is 1. The van der Waals surface area contributed by atoms with E-state index in [1.807, 2.05) is 42.5 Å². The highest BCUT2D eigenvalue weighted by molar-refractivity contribution is 5.74. The third-order valence-electron chi connectivity index (χ3n) is 4.23. The average Bonchev–Trinajstić information content (AvgIpc) is 2.68. The van der Waals surface area contributed by atoms with Crippen LogP contribution in [0.4, 0.5) is 11.4 Å². The van der Waals surface area contributed by atoms with Crippen LogP contribution < -0.4 is 4.90 Å². The molecule has 4 nitrogen and oxygen atoms in total. The standard InChI is InChI=1S/C22H20N2O2/c1-2-20-21(14-9-15-22(20)24(25)26)23(16-18-10-5-3-6-11-18)17-19-12-7-4-8-13-19/h2-15H,1,16-17H2. The number of hydrogen-bond donors (Lipinski definition) is 0. The van der Waals surface area contributed by atoms with Gasteiger partial charge in [-0.2, -0.15) is 0 Å². The molecule has 0 fully saturated rings. The first-order valence-electron chi connectivity index (χ1n) is 8.41. The summed E-state index contributed by atoms with van der Waals surface area (Å²) in [6.45, 7) is 5.10. The van der Waals surface area contributed by atoms with Crippen molar-refractivity contribution in [1.29, 1.82) is 0 Å². The summed E-state index contributed by atoms with van der Waals surface area (Å²) in [5, 5.41) is 11.4. The Balaban J connectivity index is 2.04. The van der Waals surface area contributed by atoms with Crippen molar-refractivity contribution in [2.45, 2.75) is 13.1 Å². The van der Waals surface area contributed by atoms with Gasteiger partial charge in [-0.05, 0) is 17.2 Å². The number of hydrogen-bond acceptors (Lipinski definition) is 3. The molecule has 0 bridgehead atoms. The summed E-state index contributed by atoms with van der Waals surface area (Å²) in [4.78, 5) is 13.2. The Morgan fingerprint density at radius 2 is 1.38 bits per heavy atom. The van der Waals surface area contributed by atoms with E-state index in [1.165, 1.54) is 6.07 Å². The van der Waals surface area contributed by atoms with E-state index in [4.69, 9.17) is 0 Å². The van der Waals surface area contributed by atoms with Crippen LogP contribution in [0.1, 0.15) is 16.7 Å². The molecule has 0 aromatic heterocycles. The number of nitro benzene ring substituents is 1. The highest BCUT2D eigenvalue weighted by Gasteiger charge is 2.19. The molecular formula is C22H20N2O2. The van der Waals surface area contributed by atoms with E-state index < -0.39 is 0 Å². The minimum atomic E-state index is -0.357. The van der Waals surface area contributed by atoms with Crippen molar-refractivity contribution in [1.82, 2.24) is 0 Å². The van der Waals surface area contributed by atoms with Crippen LogP contribution in [-0.2, 0) is 13.1 Å². The zero-order chi connectivity index (χ0) is 18.4. The highest BCUT2D eigenvalue weighted by atomic mass is 16.6. The number of nitro groups is 1. The van der Waals surface area contributed by atoms with Gasteiger partial charge in [0.05, 0.1) is 16.2 Å². The van der Waals surface area contributed by atoms with Gasteiger partial charge in [0.15, 0.2) is 0 Å². The fraction of sp³-hybridized carbons (Fsp3) is 0.0909. The molecule has 130 valence electrons. The van der Waals surface area contributed by atoms with Crippen molar-refractivity contribution in [3.63, 3.8) is 0 Å². The molecule has 3 aromatic carbocycles. The molecule has 0 atom stereocenters. The predicted molar refractivity (Wildman–Crippen MR) is 106 cm³/mol. The van der Waals surface area contributed by atoms with Gasteiger partial charge >= 0.3 is 0 Å². The molecule has 0 aliphatic rings. The molecule has 0 aliphatic heterocycles. The summed E-state index contributed by atoms with van der Waals surface area (Å²) in [6, 6.07) is 25.3. The summed E-state index contributed by atoms with van der Waals surface area (Å²) in [5.41, 5.74) is 3.71. The smallest absolute Gasteiger partial charge is 0.278 e. The topological polar surface area (TPSA) is 46.4 Å². The Morgan fingerprint density at radius 3 is 1.85 bits per heavy atom. The molecule has 4 heteroatoms. The van der Waals surface area contributed by atoms with Crippen molar-refractivity contribution < 1.29 is 4.92 Å². The van der Waals surface area contributed by atoms with Crippen LogP contribution in [0.3, 0.4) is 0 Å². The third kappa shape index (κ3) is 3.98. The molecule has 0 spiro atoms. The quantitative estimate of drug-likeness (QED) is 0.423. The van der Waals surface area contributed by atoms with Crippen molar-refractivity contribution in [2.24, 2.45) is 0 Å². The maximum absolute atomic E-state index is 11.4. The summed E-state index contributed by atoms with van der Waals surface area (Å²) in [6.07, 6.45) is 1.57. The van der Waals surface area contributed by atoms with E-state index in [2.05, 4.69) is 35.7 Å². The molecule has 0 heterocycles. The second-order valence-electron chi connectivity index (χ2n) is 6.00. The predicted octanol–water partition coefficient (Wildman–Crippen LogP) is 5.44. The molecule has 0 aliphatic carbocycles. The minimum absolute atomic E-state index is 0.0728. The van der Waals surface area contributed by atoms with Crippen LogP contribution >= 0.6 is 0 Å². The van der Waals surface area contributed by atoms with E-state index in [0.29, 0.717) is 18.7 Å². The zero-order valence-electron chi connectivity index (χ0n) is 14.4. The van der Waals surface area contributed by atoms with E-state index in [9.17, 15) is 10.1 Å². The summed E-state index contributed by atoms with van der Waals surface area (Å²) in [7, 11) is 0. The van der Waals surface area contributed by atoms with Crippen LogP contribution in [0.2, 0.25) is 0 Å². The lowest BCUT2D eigenvalue weighted by molar-refractivity contribution is -0.385. The molecule has 26 heavy (non-hydrogen) atoms. The molecule has 3 rings (SSSR count). The second-order valence-corrected chi connectivity index (χ2v) is 6.00. The van der Waals surface area contributed by atoms with Crippen molar-refractivity contribution in [3.05, 3.63) is 112 Å². The van der Waals surface area contributed by atoms with E-state index in [-0.39, 0.29) is 10.6 Å². The Hall–Kier alpha value is -3.40. The van der Waals surface area contributed by atoms with Crippen LogP contribution in [0.25, 0.3) is 6.08 Å². The summed E-state index contributed by atoms with van der Waals surface area (Å²) < 4.78 is 0. The Bertz CT molecular complexity index is 851. The first-order valence-corrected chi connectivity index (χ1v) is 8.41. The third-order valence-corrected chi connectivity index (χ3v) is 4.23. The van der Waals surface area contributed by atoms with Gasteiger partial charge in [0.2, 0.25) is 0 Å². The first-order chi connectivity index (χ1) is 12.7.